The van der Waals surface area contributed by atoms with Crippen molar-refractivity contribution in [2.45, 2.75) is 13.0 Å². The zero-order chi connectivity index (χ0) is 11.4. The minimum absolute atomic E-state index is 0.0492. The van der Waals surface area contributed by atoms with Crippen LogP contribution in [0.2, 0.25) is 0 Å². The molecule has 16 heavy (non-hydrogen) atoms. The molecule has 0 spiro atoms. The minimum atomic E-state index is -0.0492. The molecule has 1 aromatic rings. The summed E-state index contributed by atoms with van der Waals surface area (Å²) in [6.45, 7) is 3.88. The summed E-state index contributed by atoms with van der Waals surface area (Å²) in [6, 6.07) is 8.11. The summed E-state index contributed by atoms with van der Waals surface area (Å²) in [4.78, 5) is 10.9. The average molecular weight is 220 g/mol. The molecule has 0 aromatic heterocycles. The van der Waals surface area contributed by atoms with Gasteiger partial charge >= 0.3 is 0 Å². The maximum atomic E-state index is 10.9. The van der Waals surface area contributed by atoms with E-state index in [9.17, 15) is 4.79 Å². The molecule has 1 aliphatic heterocycles. The summed E-state index contributed by atoms with van der Waals surface area (Å²) in [5, 5.41) is 6.13. The Labute approximate surface area is 95.0 Å². The standard InChI is InChI=1S/C12H16N2O2/c1-9(15)14-11-4-2-10(3-5-11)12-8-16-7-6-13-12/h2-5,12-13H,6-8H2,1H3,(H,14,15)/t12-/m1/s1. The molecule has 86 valence electrons. The molecular formula is C12H16N2O2. The fraction of sp³-hybridized carbons (Fsp3) is 0.417. The van der Waals surface area contributed by atoms with Crippen LogP contribution in [0.5, 0.6) is 0 Å². The summed E-state index contributed by atoms with van der Waals surface area (Å²) in [7, 11) is 0. The lowest BCUT2D eigenvalue weighted by Crippen LogP contribution is -2.34. The minimum Gasteiger partial charge on any atom is -0.378 e. The van der Waals surface area contributed by atoms with Crippen molar-refractivity contribution < 1.29 is 9.53 Å². The highest BCUT2D eigenvalue weighted by Crippen LogP contribution is 2.18. The van der Waals surface area contributed by atoms with Crippen LogP contribution in [0, 0.1) is 0 Å². The van der Waals surface area contributed by atoms with E-state index in [1.54, 1.807) is 0 Å². The first-order valence-corrected chi connectivity index (χ1v) is 5.44. The first kappa shape index (κ1) is 11.1. The van der Waals surface area contributed by atoms with Gasteiger partial charge in [-0.2, -0.15) is 0 Å². The predicted octanol–water partition coefficient (Wildman–Crippen LogP) is 1.31. The largest absolute Gasteiger partial charge is 0.378 e. The number of ether oxygens (including phenoxy) is 1. The van der Waals surface area contributed by atoms with Gasteiger partial charge in [-0.15, -0.1) is 0 Å². The third-order valence-corrected chi connectivity index (χ3v) is 2.56. The topological polar surface area (TPSA) is 50.4 Å². The molecular weight excluding hydrogens is 204 g/mol. The second kappa shape index (κ2) is 5.09. The lowest BCUT2D eigenvalue weighted by Gasteiger charge is -2.24. The maximum Gasteiger partial charge on any atom is 0.221 e. The highest BCUT2D eigenvalue weighted by Gasteiger charge is 2.14. The summed E-state index contributed by atoms with van der Waals surface area (Å²) in [5.41, 5.74) is 2.02. The van der Waals surface area contributed by atoms with E-state index in [0.717, 1.165) is 18.8 Å². The Balaban J connectivity index is 2.03. The molecule has 0 aliphatic carbocycles. The Morgan fingerprint density at radius 1 is 1.44 bits per heavy atom. The van der Waals surface area contributed by atoms with E-state index in [-0.39, 0.29) is 11.9 Å². The van der Waals surface area contributed by atoms with Crippen LogP contribution in [0.25, 0.3) is 0 Å². The van der Waals surface area contributed by atoms with E-state index >= 15 is 0 Å². The van der Waals surface area contributed by atoms with E-state index in [4.69, 9.17) is 4.74 Å². The number of morpholine rings is 1. The molecule has 1 aliphatic rings. The number of carbonyl (C=O) groups is 1. The summed E-state index contributed by atoms with van der Waals surface area (Å²) in [5.74, 6) is -0.0492. The molecule has 0 radical (unpaired) electrons. The monoisotopic (exact) mass is 220 g/mol. The number of anilines is 1. The highest BCUT2D eigenvalue weighted by atomic mass is 16.5. The number of amides is 1. The number of hydrogen-bond donors (Lipinski definition) is 2. The Bertz CT molecular complexity index is 356. The normalized spacial score (nSPS) is 20.4. The van der Waals surface area contributed by atoms with Gasteiger partial charge in [0, 0.05) is 19.2 Å². The number of hydrogen-bond acceptors (Lipinski definition) is 3. The van der Waals surface area contributed by atoms with Crippen molar-refractivity contribution in [2.75, 3.05) is 25.1 Å². The van der Waals surface area contributed by atoms with Gasteiger partial charge in [-0.1, -0.05) is 12.1 Å². The van der Waals surface area contributed by atoms with Crippen LogP contribution < -0.4 is 10.6 Å². The molecule has 2 N–H and O–H groups in total. The van der Waals surface area contributed by atoms with Gasteiger partial charge in [-0.3, -0.25) is 4.79 Å². The van der Waals surface area contributed by atoms with Gasteiger partial charge in [-0.25, -0.2) is 0 Å². The predicted molar refractivity (Wildman–Crippen MR) is 62.3 cm³/mol. The van der Waals surface area contributed by atoms with Crippen LogP contribution in [0.3, 0.4) is 0 Å². The molecule has 1 saturated heterocycles. The molecule has 1 atom stereocenters. The number of rotatable bonds is 2. The van der Waals surface area contributed by atoms with Crippen LogP contribution >= 0.6 is 0 Å². The number of carbonyl (C=O) groups excluding carboxylic acids is 1. The third-order valence-electron chi connectivity index (χ3n) is 2.56. The lowest BCUT2D eigenvalue weighted by atomic mass is 10.1. The Kier molecular flexibility index (Phi) is 3.54. The zero-order valence-electron chi connectivity index (χ0n) is 9.32. The Morgan fingerprint density at radius 3 is 2.75 bits per heavy atom. The van der Waals surface area contributed by atoms with Crippen LogP contribution in [0.15, 0.2) is 24.3 Å². The quantitative estimate of drug-likeness (QED) is 0.790. The molecule has 0 bridgehead atoms. The molecule has 4 nitrogen and oxygen atoms in total. The van der Waals surface area contributed by atoms with Gasteiger partial charge in [0.05, 0.1) is 19.3 Å². The maximum absolute atomic E-state index is 10.9. The second-order valence-corrected chi connectivity index (χ2v) is 3.88. The summed E-state index contributed by atoms with van der Waals surface area (Å²) < 4.78 is 5.40. The van der Waals surface area contributed by atoms with Crippen LogP contribution in [0.1, 0.15) is 18.5 Å². The van der Waals surface area contributed by atoms with Gasteiger partial charge < -0.3 is 15.4 Å². The zero-order valence-corrected chi connectivity index (χ0v) is 9.32. The first-order chi connectivity index (χ1) is 7.75. The van der Waals surface area contributed by atoms with Crippen LogP contribution in [-0.4, -0.2) is 25.7 Å². The Morgan fingerprint density at radius 2 is 2.19 bits per heavy atom. The third kappa shape index (κ3) is 2.81. The molecule has 1 fully saturated rings. The van der Waals surface area contributed by atoms with Gasteiger partial charge in [0.1, 0.15) is 0 Å². The fourth-order valence-electron chi connectivity index (χ4n) is 1.78. The molecule has 1 heterocycles. The molecule has 0 saturated carbocycles. The smallest absolute Gasteiger partial charge is 0.221 e. The second-order valence-electron chi connectivity index (χ2n) is 3.88. The van der Waals surface area contributed by atoms with Gasteiger partial charge in [0.25, 0.3) is 0 Å². The van der Waals surface area contributed by atoms with Crippen molar-refractivity contribution in [2.24, 2.45) is 0 Å². The molecule has 1 aromatic carbocycles. The van der Waals surface area contributed by atoms with E-state index in [1.165, 1.54) is 12.5 Å². The Hall–Kier alpha value is -1.39. The van der Waals surface area contributed by atoms with Crippen molar-refractivity contribution in [1.29, 1.82) is 0 Å². The SMILES string of the molecule is CC(=O)Nc1ccc([C@H]2COCCN2)cc1. The fourth-order valence-corrected chi connectivity index (χ4v) is 1.78. The van der Waals surface area contributed by atoms with Gasteiger partial charge in [0.15, 0.2) is 0 Å². The van der Waals surface area contributed by atoms with Crippen molar-refractivity contribution in [3.05, 3.63) is 29.8 Å². The van der Waals surface area contributed by atoms with E-state index in [1.807, 2.05) is 24.3 Å². The van der Waals surface area contributed by atoms with Gasteiger partial charge in [-0.05, 0) is 17.7 Å². The van der Waals surface area contributed by atoms with Gasteiger partial charge in [0.2, 0.25) is 5.91 Å². The molecule has 1 amide bonds. The van der Waals surface area contributed by atoms with Crippen molar-refractivity contribution in [3.8, 4) is 0 Å². The first-order valence-electron chi connectivity index (χ1n) is 5.44. The van der Waals surface area contributed by atoms with E-state index in [0.29, 0.717) is 6.61 Å². The van der Waals surface area contributed by atoms with Crippen molar-refractivity contribution in [3.63, 3.8) is 0 Å². The van der Waals surface area contributed by atoms with E-state index in [2.05, 4.69) is 10.6 Å². The number of benzene rings is 1. The van der Waals surface area contributed by atoms with Crippen LogP contribution in [0.4, 0.5) is 5.69 Å². The van der Waals surface area contributed by atoms with Crippen molar-refractivity contribution in [1.82, 2.24) is 5.32 Å². The molecule has 2 rings (SSSR count). The van der Waals surface area contributed by atoms with Crippen LogP contribution in [-0.2, 0) is 9.53 Å². The lowest BCUT2D eigenvalue weighted by molar-refractivity contribution is -0.114. The molecule has 4 heteroatoms. The number of nitrogens with one attached hydrogen (secondary N) is 2. The molecule has 0 unspecified atom stereocenters. The summed E-state index contributed by atoms with van der Waals surface area (Å²) in [6.07, 6.45) is 0. The summed E-state index contributed by atoms with van der Waals surface area (Å²) >= 11 is 0. The highest BCUT2D eigenvalue weighted by molar-refractivity contribution is 5.88. The van der Waals surface area contributed by atoms with Crippen molar-refractivity contribution >= 4 is 11.6 Å². The average Bonchev–Trinajstić information content (AvgIpc) is 2.30. The van der Waals surface area contributed by atoms with E-state index < -0.39 is 0 Å².